The van der Waals surface area contributed by atoms with E-state index in [-0.39, 0.29) is 5.56 Å². The number of nitrogens with zero attached hydrogens (tertiary/aromatic N) is 1. The number of aryl methyl sites for hydroxylation is 1. The van der Waals surface area contributed by atoms with Gasteiger partial charge in [-0.25, -0.2) is 0 Å². The predicted molar refractivity (Wildman–Crippen MR) is 80.0 cm³/mol. The Morgan fingerprint density at radius 3 is 2.78 bits per heavy atom. The molecule has 1 aromatic heterocycles. The third kappa shape index (κ3) is 3.40. The SMILES string of the molecule is Nc1ccc(=O)n(CCSc2ccccc2Br)c1. The summed E-state index contributed by atoms with van der Waals surface area (Å²) in [4.78, 5) is 12.7. The highest BCUT2D eigenvalue weighted by atomic mass is 79.9. The molecule has 0 bridgehead atoms. The molecule has 3 nitrogen and oxygen atoms in total. The number of hydrogen-bond donors (Lipinski definition) is 1. The van der Waals surface area contributed by atoms with E-state index in [1.54, 1.807) is 28.6 Å². The van der Waals surface area contributed by atoms with E-state index in [4.69, 9.17) is 5.73 Å². The van der Waals surface area contributed by atoms with Crippen LogP contribution >= 0.6 is 27.7 Å². The van der Waals surface area contributed by atoms with Gasteiger partial charge in [0, 0.05) is 39.6 Å². The maximum Gasteiger partial charge on any atom is 0.250 e. The number of thioether (sulfide) groups is 1. The fourth-order valence-corrected chi connectivity index (χ4v) is 3.06. The second-order valence-corrected chi connectivity index (χ2v) is 5.76. The quantitative estimate of drug-likeness (QED) is 0.879. The average Bonchev–Trinajstić information content (AvgIpc) is 2.36. The van der Waals surface area contributed by atoms with E-state index in [1.807, 2.05) is 18.2 Å². The number of halogens is 1. The van der Waals surface area contributed by atoms with E-state index in [0.29, 0.717) is 12.2 Å². The van der Waals surface area contributed by atoms with Crippen LogP contribution in [0.25, 0.3) is 0 Å². The average molecular weight is 325 g/mol. The summed E-state index contributed by atoms with van der Waals surface area (Å²) in [5.41, 5.74) is 6.26. The number of benzene rings is 1. The molecular formula is C13H13BrN2OS. The van der Waals surface area contributed by atoms with Crippen LogP contribution in [0.3, 0.4) is 0 Å². The van der Waals surface area contributed by atoms with E-state index in [2.05, 4.69) is 22.0 Å². The third-order valence-electron chi connectivity index (χ3n) is 2.43. The summed E-state index contributed by atoms with van der Waals surface area (Å²) in [6.45, 7) is 0.649. The Morgan fingerprint density at radius 1 is 1.22 bits per heavy atom. The van der Waals surface area contributed by atoms with Crippen LogP contribution in [-0.2, 0) is 6.54 Å². The summed E-state index contributed by atoms with van der Waals surface area (Å²) in [7, 11) is 0. The zero-order valence-electron chi connectivity index (χ0n) is 9.67. The van der Waals surface area contributed by atoms with Gasteiger partial charge >= 0.3 is 0 Å². The first-order chi connectivity index (χ1) is 8.66. The van der Waals surface area contributed by atoms with E-state index < -0.39 is 0 Å². The first-order valence-electron chi connectivity index (χ1n) is 5.50. The third-order valence-corrected chi connectivity index (χ3v) is 4.44. The second-order valence-electron chi connectivity index (χ2n) is 3.77. The summed E-state index contributed by atoms with van der Waals surface area (Å²) < 4.78 is 2.72. The summed E-state index contributed by atoms with van der Waals surface area (Å²) in [5, 5.41) is 0. The van der Waals surface area contributed by atoms with Crippen LogP contribution in [0.4, 0.5) is 5.69 Å². The highest BCUT2D eigenvalue weighted by Gasteiger charge is 2.00. The van der Waals surface area contributed by atoms with Crippen molar-refractivity contribution in [1.29, 1.82) is 0 Å². The number of rotatable bonds is 4. The molecule has 0 fully saturated rings. The molecule has 0 saturated heterocycles. The van der Waals surface area contributed by atoms with Crippen LogP contribution in [0.2, 0.25) is 0 Å². The summed E-state index contributed by atoms with van der Waals surface area (Å²) in [5.74, 6) is 0.825. The van der Waals surface area contributed by atoms with Crippen LogP contribution in [0.5, 0.6) is 0 Å². The van der Waals surface area contributed by atoms with Crippen molar-refractivity contribution in [3.05, 3.63) is 57.4 Å². The first kappa shape index (κ1) is 13.2. The molecule has 18 heavy (non-hydrogen) atoms. The number of aromatic nitrogens is 1. The zero-order valence-corrected chi connectivity index (χ0v) is 12.1. The fourth-order valence-electron chi connectivity index (χ4n) is 1.54. The van der Waals surface area contributed by atoms with Gasteiger partial charge < -0.3 is 10.3 Å². The second kappa shape index (κ2) is 6.11. The van der Waals surface area contributed by atoms with Crippen molar-refractivity contribution >= 4 is 33.4 Å². The lowest BCUT2D eigenvalue weighted by atomic mass is 10.4. The minimum Gasteiger partial charge on any atom is -0.398 e. The zero-order chi connectivity index (χ0) is 13.0. The van der Waals surface area contributed by atoms with Gasteiger partial charge in [0.2, 0.25) is 0 Å². The minimum absolute atomic E-state index is 0.0167. The molecule has 1 heterocycles. The maximum atomic E-state index is 11.6. The Morgan fingerprint density at radius 2 is 2.00 bits per heavy atom. The molecule has 0 atom stereocenters. The largest absolute Gasteiger partial charge is 0.398 e. The molecule has 0 amide bonds. The Kier molecular flexibility index (Phi) is 4.49. The van der Waals surface area contributed by atoms with Crippen molar-refractivity contribution in [2.45, 2.75) is 11.4 Å². The van der Waals surface area contributed by atoms with Crippen LogP contribution in [-0.4, -0.2) is 10.3 Å². The number of nitrogen functional groups attached to an aromatic ring is 1. The smallest absolute Gasteiger partial charge is 0.250 e. The normalized spacial score (nSPS) is 10.5. The van der Waals surface area contributed by atoms with Crippen LogP contribution < -0.4 is 11.3 Å². The number of pyridine rings is 1. The van der Waals surface area contributed by atoms with Gasteiger partial charge in [-0.05, 0) is 34.1 Å². The van der Waals surface area contributed by atoms with Crippen molar-refractivity contribution < 1.29 is 0 Å². The Hall–Kier alpha value is -1.20. The van der Waals surface area contributed by atoms with Crippen LogP contribution in [0, 0.1) is 0 Å². The Labute approximate surface area is 118 Å². The topological polar surface area (TPSA) is 48.0 Å². The van der Waals surface area contributed by atoms with Crippen molar-refractivity contribution in [1.82, 2.24) is 4.57 Å². The van der Waals surface area contributed by atoms with E-state index in [1.165, 1.54) is 11.0 Å². The van der Waals surface area contributed by atoms with Gasteiger partial charge in [0.25, 0.3) is 5.56 Å². The molecule has 94 valence electrons. The lowest BCUT2D eigenvalue weighted by Gasteiger charge is -2.07. The highest BCUT2D eigenvalue weighted by Crippen LogP contribution is 2.26. The molecule has 5 heteroatoms. The minimum atomic E-state index is -0.0167. The van der Waals surface area contributed by atoms with Gasteiger partial charge in [0.1, 0.15) is 0 Å². The molecule has 1 aromatic carbocycles. The summed E-state index contributed by atoms with van der Waals surface area (Å²) in [6, 6.07) is 11.2. The van der Waals surface area contributed by atoms with E-state index >= 15 is 0 Å². The van der Waals surface area contributed by atoms with Crippen molar-refractivity contribution in [3.8, 4) is 0 Å². The van der Waals surface area contributed by atoms with Crippen molar-refractivity contribution in [3.63, 3.8) is 0 Å². The first-order valence-corrected chi connectivity index (χ1v) is 7.28. The monoisotopic (exact) mass is 324 g/mol. The molecule has 0 aliphatic rings. The highest BCUT2D eigenvalue weighted by molar-refractivity contribution is 9.10. The molecule has 2 aromatic rings. The van der Waals surface area contributed by atoms with Gasteiger partial charge in [0.15, 0.2) is 0 Å². The van der Waals surface area contributed by atoms with Gasteiger partial charge in [0.05, 0.1) is 0 Å². The number of hydrogen-bond acceptors (Lipinski definition) is 3. The van der Waals surface area contributed by atoms with Crippen LogP contribution in [0.1, 0.15) is 0 Å². The molecule has 0 saturated carbocycles. The standard InChI is InChI=1S/C13H13BrN2OS/c14-11-3-1-2-4-12(11)18-8-7-16-9-10(15)5-6-13(16)17/h1-6,9H,7-8,15H2. The van der Waals surface area contributed by atoms with Gasteiger partial charge in [-0.2, -0.15) is 0 Å². The molecule has 2 N–H and O–H groups in total. The molecular weight excluding hydrogens is 312 g/mol. The van der Waals surface area contributed by atoms with E-state index in [0.717, 1.165) is 10.2 Å². The summed E-state index contributed by atoms with van der Waals surface area (Å²) in [6.07, 6.45) is 1.68. The lowest BCUT2D eigenvalue weighted by molar-refractivity contribution is 0.737. The molecule has 0 spiro atoms. The molecule has 0 aliphatic heterocycles. The molecule has 0 radical (unpaired) electrons. The maximum absolute atomic E-state index is 11.6. The van der Waals surface area contributed by atoms with Gasteiger partial charge in [-0.1, -0.05) is 12.1 Å². The summed E-state index contributed by atoms with van der Waals surface area (Å²) >= 11 is 5.21. The number of anilines is 1. The predicted octanol–water partition coefficient (Wildman–Crippen LogP) is 2.99. The van der Waals surface area contributed by atoms with Gasteiger partial charge in [-0.15, -0.1) is 11.8 Å². The molecule has 2 rings (SSSR count). The molecule has 0 unspecified atom stereocenters. The molecule has 0 aliphatic carbocycles. The fraction of sp³-hybridized carbons (Fsp3) is 0.154. The van der Waals surface area contributed by atoms with E-state index in [9.17, 15) is 4.79 Å². The number of nitrogens with two attached hydrogens (primary N) is 1. The lowest BCUT2D eigenvalue weighted by Crippen LogP contribution is -2.19. The van der Waals surface area contributed by atoms with Gasteiger partial charge in [-0.3, -0.25) is 4.79 Å². The van der Waals surface area contributed by atoms with Crippen LogP contribution in [0.15, 0.2) is 56.8 Å². The van der Waals surface area contributed by atoms with Crippen molar-refractivity contribution in [2.24, 2.45) is 0 Å². The Bertz CT molecular complexity index is 598. The Balaban J connectivity index is 1.99. The van der Waals surface area contributed by atoms with Crippen molar-refractivity contribution in [2.75, 3.05) is 11.5 Å².